The zero-order chi connectivity index (χ0) is 10.8. The third-order valence-corrected chi connectivity index (χ3v) is 3.58. The molecule has 0 aromatic heterocycles. The van der Waals surface area contributed by atoms with Gasteiger partial charge in [0.25, 0.3) is 0 Å². The molecule has 3 nitrogen and oxygen atoms in total. The number of anilines is 1. The van der Waals surface area contributed by atoms with Gasteiger partial charge in [-0.3, -0.25) is 4.72 Å². The lowest BCUT2D eigenvalue weighted by Crippen LogP contribution is -2.13. The molecule has 0 aliphatic carbocycles. The lowest BCUT2D eigenvalue weighted by Gasteiger charge is -2.07. The van der Waals surface area contributed by atoms with E-state index in [4.69, 9.17) is 34.8 Å². The Hall–Kier alpha value is -0.160. The molecule has 7 heteroatoms. The number of alkyl halides is 1. The van der Waals surface area contributed by atoms with Crippen LogP contribution in [-0.2, 0) is 10.0 Å². The van der Waals surface area contributed by atoms with Crippen molar-refractivity contribution in [2.45, 2.75) is 0 Å². The predicted molar refractivity (Wildman–Crippen MR) is 59.7 cm³/mol. The Morgan fingerprint density at radius 2 is 1.93 bits per heavy atom. The van der Waals surface area contributed by atoms with Gasteiger partial charge in [0.2, 0.25) is 10.0 Å². The molecule has 0 fully saturated rings. The van der Waals surface area contributed by atoms with Crippen LogP contribution in [0.2, 0.25) is 10.0 Å². The van der Waals surface area contributed by atoms with Crippen LogP contribution in [0, 0.1) is 0 Å². The largest absolute Gasteiger partial charge is 0.281 e. The summed E-state index contributed by atoms with van der Waals surface area (Å²) >= 11 is 16.6. The van der Waals surface area contributed by atoms with Gasteiger partial charge in [-0.15, -0.1) is 11.6 Å². The lowest BCUT2D eigenvalue weighted by molar-refractivity contribution is 0.605. The number of rotatable bonds is 3. The molecule has 0 saturated carbocycles. The second kappa shape index (κ2) is 4.57. The van der Waals surface area contributed by atoms with Crippen molar-refractivity contribution < 1.29 is 8.42 Å². The molecule has 0 spiro atoms. The summed E-state index contributed by atoms with van der Waals surface area (Å²) in [5, 5.41) is 0.125. The average Bonchev–Trinajstić information content (AvgIpc) is 2.11. The molecular formula is C7H6Cl3NO2S. The molecule has 1 rings (SSSR count). The van der Waals surface area contributed by atoms with Crippen molar-refractivity contribution >= 4 is 50.5 Å². The topological polar surface area (TPSA) is 46.2 Å². The van der Waals surface area contributed by atoms with Gasteiger partial charge >= 0.3 is 0 Å². The molecule has 0 atom stereocenters. The first kappa shape index (κ1) is 11.9. The first-order chi connectivity index (χ1) is 6.44. The monoisotopic (exact) mass is 273 g/mol. The molecule has 1 aromatic carbocycles. The van der Waals surface area contributed by atoms with Crippen LogP contribution >= 0.6 is 34.8 Å². The first-order valence-electron chi connectivity index (χ1n) is 3.46. The summed E-state index contributed by atoms with van der Waals surface area (Å²) in [6, 6.07) is 4.46. The maximum absolute atomic E-state index is 11.1. The second-order valence-electron chi connectivity index (χ2n) is 2.45. The van der Waals surface area contributed by atoms with Crippen molar-refractivity contribution in [3.05, 3.63) is 28.2 Å². The Labute approximate surface area is 97.0 Å². The summed E-state index contributed by atoms with van der Waals surface area (Å²) in [5.41, 5.74) is 0.222. The van der Waals surface area contributed by atoms with E-state index in [1.807, 2.05) is 0 Å². The smallest absolute Gasteiger partial charge is 0.246 e. The van der Waals surface area contributed by atoms with E-state index in [1.54, 1.807) is 6.07 Å². The number of hydrogen-bond donors (Lipinski definition) is 1. The van der Waals surface area contributed by atoms with Crippen LogP contribution in [0.25, 0.3) is 0 Å². The minimum Gasteiger partial charge on any atom is -0.281 e. The summed E-state index contributed by atoms with van der Waals surface area (Å²) in [6.45, 7) is 0. The Kier molecular flexibility index (Phi) is 3.89. The fourth-order valence-corrected chi connectivity index (χ4v) is 1.89. The van der Waals surface area contributed by atoms with Gasteiger partial charge in [0.1, 0.15) is 5.21 Å². The zero-order valence-corrected chi connectivity index (χ0v) is 9.88. The fourth-order valence-electron chi connectivity index (χ4n) is 0.771. The standard InChI is InChI=1S/C7H6Cl3NO2S/c8-4-14(12,13)11-7-3-5(9)1-2-6(7)10/h1-3,11H,4H2. The lowest BCUT2D eigenvalue weighted by atomic mass is 10.3. The van der Waals surface area contributed by atoms with E-state index in [-0.39, 0.29) is 10.7 Å². The van der Waals surface area contributed by atoms with Crippen molar-refractivity contribution in [3.63, 3.8) is 0 Å². The molecule has 0 amide bonds. The van der Waals surface area contributed by atoms with Crippen LogP contribution in [-0.4, -0.2) is 13.6 Å². The molecular weight excluding hydrogens is 269 g/mol. The zero-order valence-electron chi connectivity index (χ0n) is 6.80. The minimum absolute atomic E-state index is 0.222. The minimum atomic E-state index is -3.54. The summed E-state index contributed by atoms with van der Waals surface area (Å²) in [7, 11) is -3.54. The van der Waals surface area contributed by atoms with Crippen LogP contribution in [0.4, 0.5) is 5.69 Å². The van der Waals surface area contributed by atoms with Crippen molar-refractivity contribution in [3.8, 4) is 0 Å². The van der Waals surface area contributed by atoms with Crippen LogP contribution in [0.3, 0.4) is 0 Å². The van der Waals surface area contributed by atoms with Crippen molar-refractivity contribution in [2.24, 2.45) is 0 Å². The molecule has 0 radical (unpaired) electrons. The number of nitrogens with one attached hydrogen (secondary N) is 1. The normalized spacial score (nSPS) is 11.4. The maximum atomic E-state index is 11.1. The highest BCUT2D eigenvalue weighted by Crippen LogP contribution is 2.26. The van der Waals surface area contributed by atoms with Gasteiger partial charge in [-0.2, -0.15) is 0 Å². The molecule has 0 unspecified atom stereocenters. The Morgan fingerprint density at radius 3 is 2.50 bits per heavy atom. The Balaban J connectivity index is 3.03. The fraction of sp³-hybridized carbons (Fsp3) is 0.143. The highest BCUT2D eigenvalue weighted by atomic mass is 35.5. The Bertz CT molecular complexity index is 433. The van der Waals surface area contributed by atoms with E-state index in [1.165, 1.54) is 12.1 Å². The van der Waals surface area contributed by atoms with Gasteiger partial charge in [-0.05, 0) is 18.2 Å². The average molecular weight is 275 g/mol. The summed E-state index contributed by atoms with van der Waals surface area (Å²) in [5.74, 6) is 0. The van der Waals surface area contributed by atoms with Crippen LogP contribution < -0.4 is 4.72 Å². The molecule has 0 saturated heterocycles. The molecule has 14 heavy (non-hydrogen) atoms. The summed E-state index contributed by atoms with van der Waals surface area (Å²) in [6.07, 6.45) is 0. The molecule has 1 N–H and O–H groups in total. The van der Waals surface area contributed by atoms with Crippen molar-refractivity contribution in [1.82, 2.24) is 0 Å². The van der Waals surface area contributed by atoms with Crippen LogP contribution in [0.15, 0.2) is 18.2 Å². The number of benzene rings is 1. The van der Waals surface area contributed by atoms with Gasteiger partial charge < -0.3 is 0 Å². The molecule has 0 bridgehead atoms. The third-order valence-electron chi connectivity index (χ3n) is 1.34. The van der Waals surface area contributed by atoms with Gasteiger partial charge in [0.05, 0.1) is 10.7 Å². The van der Waals surface area contributed by atoms with Crippen LogP contribution in [0.5, 0.6) is 0 Å². The molecule has 1 aromatic rings. The van der Waals surface area contributed by atoms with E-state index in [9.17, 15) is 8.42 Å². The van der Waals surface area contributed by atoms with Gasteiger partial charge in [-0.1, -0.05) is 23.2 Å². The molecule has 0 aliphatic rings. The van der Waals surface area contributed by atoms with E-state index >= 15 is 0 Å². The summed E-state index contributed by atoms with van der Waals surface area (Å²) in [4.78, 5) is 0. The highest BCUT2D eigenvalue weighted by Gasteiger charge is 2.10. The maximum Gasteiger partial charge on any atom is 0.246 e. The first-order valence-corrected chi connectivity index (χ1v) is 6.40. The van der Waals surface area contributed by atoms with E-state index < -0.39 is 15.2 Å². The predicted octanol–water partition coefficient (Wildman–Crippen LogP) is 2.93. The van der Waals surface area contributed by atoms with Crippen molar-refractivity contribution in [2.75, 3.05) is 9.93 Å². The number of hydrogen-bond acceptors (Lipinski definition) is 2. The second-order valence-corrected chi connectivity index (χ2v) is 5.60. The third kappa shape index (κ3) is 3.20. The van der Waals surface area contributed by atoms with Gasteiger partial charge in [0.15, 0.2) is 0 Å². The van der Waals surface area contributed by atoms with E-state index in [2.05, 4.69) is 4.72 Å². The SMILES string of the molecule is O=S(=O)(CCl)Nc1cc(Cl)ccc1Cl. The quantitative estimate of drug-likeness (QED) is 0.862. The molecule has 78 valence electrons. The van der Waals surface area contributed by atoms with Crippen LogP contribution in [0.1, 0.15) is 0 Å². The van der Waals surface area contributed by atoms with Gasteiger partial charge in [-0.25, -0.2) is 8.42 Å². The van der Waals surface area contributed by atoms with Gasteiger partial charge in [0, 0.05) is 5.02 Å². The van der Waals surface area contributed by atoms with E-state index in [0.717, 1.165) is 0 Å². The Morgan fingerprint density at radius 1 is 1.29 bits per heavy atom. The number of sulfonamides is 1. The highest BCUT2D eigenvalue weighted by molar-refractivity contribution is 7.93. The molecule has 0 heterocycles. The summed E-state index contributed by atoms with van der Waals surface area (Å²) < 4.78 is 24.4. The number of halogens is 3. The molecule has 0 aliphatic heterocycles. The van der Waals surface area contributed by atoms with Crippen molar-refractivity contribution in [1.29, 1.82) is 0 Å². The van der Waals surface area contributed by atoms with E-state index in [0.29, 0.717) is 5.02 Å².